The van der Waals surface area contributed by atoms with Crippen molar-refractivity contribution in [1.29, 1.82) is 0 Å². The van der Waals surface area contributed by atoms with Gasteiger partial charge in [-0.3, -0.25) is 9.78 Å². The van der Waals surface area contributed by atoms with Gasteiger partial charge in [0.25, 0.3) is 5.91 Å². The normalized spacial score (nSPS) is 9.85. The van der Waals surface area contributed by atoms with Crippen molar-refractivity contribution in [3.05, 3.63) is 66.0 Å². The smallest absolute Gasteiger partial charge is 0.292 e. The fraction of sp³-hybridized carbons (Fsp3) is 0.0714. The molecule has 102 valence electrons. The lowest BCUT2D eigenvalue weighted by atomic mass is 10.2. The molecule has 0 aliphatic rings. The van der Waals surface area contributed by atoms with Gasteiger partial charge in [-0.25, -0.2) is 10.9 Å². The minimum absolute atomic E-state index is 0.157. The van der Waals surface area contributed by atoms with E-state index in [1.807, 2.05) is 30.3 Å². The van der Waals surface area contributed by atoms with Crippen LogP contribution < -0.4 is 11.2 Å². The van der Waals surface area contributed by atoms with Crippen LogP contribution in [0.1, 0.15) is 16.1 Å². The molecule has 0 saturated heterocycles. The number of amides is 1. The third-order valence-corrected chi connectivity index (χ3v) is 2.95. The van der Waals surface area contributed by atoms with Crippen LogP contribution in [0.5, 0.6) is 0 Å². The number of carbonyl (C=O) groups is 1. The van der Waals surface area contributed by atoms with Crippen molar-refractivity contribution in [2.24, 2.45) is 5.84 Å². The van der Waals surface area contributed by atoms with E-state index in [9.17, 15) is 4.79 Å². The van der Waals surface area contributed by atoms with E-state index < -0.39 is 5.91 Å². The minimum atomic E-state index is -0.448. The highest BCUT2D eigenvalue weighted by Crippen LogP contribution is 2.00. The van der Waals surface area contributed by atoms with Crippen LogP contribution in [-0.2, 0) is 6.54 Å². The van der Waals surface area contributed by atoms with Gasteiger partial charge in [0.05, 0.1) is 0 Å². The highest BCUT2D eigenvalue weighted by molar-refractivity contribution is 7.80. The van der Waals surface area contributed by atoms with Gasteiger partial charge in [-0.1, -0.05) is 36.4 Å². The third-order valence-electron chi connectivity index (χ3n) is 2.61. The van der Waals surface area contributed by atoms with E-state index in [2.05, 4.69) is 10.3 Å². The number of hydrazine groups is 1. The van der Waals surface area contributed by atoms with E-state index in [1.54, 1.807) is 18.2 Å². The Hall–Kier alpha value is -2.31. The molecule has 0 atom stereocenters. The van der Waals surface area contributed by atoms with Crippen molar-refractivity contribution >= 4 is 23.2 Å². The molecule has 20 heavy (non-hydrogen) atoms. The first-order chi connectivity index (χ1) is 9.68. The zero-order valence-electron chi connectivity index (χ0n) is 10.7. The van der Waals surface area contributed by atoms with E-state index in [0.29, 0.717) is 6.54 Å². The second-order valence-electron chi connectivity index (χ2n) is 4.03. The first-order valence-electron chi connectivity index (χ1n) is 6.00. The molecular weight excluding hydrogens is 272 g/mol. The molecule has 0 radical (unpaired) electrons. The molecule has 2 rings (SSSR count). The number of nitrogens with zero attached hydrogens (tertiary/aromatic N) is 2. The van der Waals surface area contributed by atoms with Crippen LogP contribution in [0.3, 0.4) is 0 Å². The molecule has 0 aliphatic heterocycles. The second-order valence-corrected chi connectivity index (χ2v) is 4.42. The molecular formula is C14H14N4OS. The molecule has 0 aliphatic carbocycles. The molecule has 2 aromatic rings. The Morgan fingerprint density at radius 2 is 1.90 bits per heavy atom. The van der Waals surface area contributed by atoms with Crippen LogP contribution in [0, 0.1) is 0 Å². The molecule has 1 heterocycles. The van der Waals surface area contributed by atoms with Crippen LogP contribution in [0.15, 0.2) is 54.7 Å². The molecule has 1 aromatic carbocycles. The average molecular weight is 286 g/mol. The van der Waals surface area contributed by atoms with E-state index in [4.69, 9.17) is 18.1 Å². The van der Waals surface area contributed by atoms with E-state index in [1.165, 1.54) is 6.20 Å². The van der Waals surface area contributed by atoms with Crippen LogP contribution in [0.4, 0.5) is 0 Å². The maximum Gasteiger partial charge on any atom is 0.292 e. The van der Waals surface area contributed by atoms with E-state index in [-0.39, 0.29) is 10.8 Å². The molecule has 0 unspecified atom stereocenters. The lowest BCUT2D eigenvalue weighted by Crippen LogP contribution is -2.48. The largest absolute Gasteiger partial charge is 0.357 e. The Morgan fingerprint density at radius 1 is 1.20 bits per heavy atom. The monoisotopic (exact) mass is 286 g/mol. The van der Waals surface area contributed by atoms with Crippen LogP contribution in [-0.4, -0.2) is 21.0 Å². The highest BCUT2D eigenvalue weighted by Gasteiger charge is 2.17. The number of benzene rings is 1. The number of carbonyl (C=O) groups excluding carboxylic acids is 1. The maximum absolute atomic E-state index is 12.0. The van der Waals surface area contributed by atoms with Gasteiger partial charge in [-0.2, -0.15) is 0 Å². The summed E-state index contributed by atoms with van der Waals surface area (Å²) in [6, 6.07) is 14.7. The van der Waals surface area contributed by atoms with Crippen molar-refractivity contribution < 1.29 is 4.79 Å². The molecule has 1 amide bonds. The molecule has 0 fully saturated rings. The summed E-state index contributed by atoms with van der Waals surface area (Å²) in [6.07, 6.45) is 1.53. The van der Waals surface area contributed by atoms with Gasteiger partial charge in [-0.05, 0) is 29.9 Å². The first kappa shape index (κ1) is 14.1. The SMILES string of the molecule is NN(C(=O)c1ccccn1)C(=S)NCc1ccccc1. The first-order valence-corrected chi connectivity index (χ1v) is 6.41. The summed E-state index contributed by atoms with van der Waals surface area (Å²) in [6.45, 7) is 0.503. The fourth-order valence-electron chi connectivity index (χ4n) is 1.56. The lowest BCUT2D eigenvalue weighted by molar-refractivity contribution is 0.0840. The van der Waals surface area contributed by atoms with Gasteiger partial charge in [-0.15, -0.1) is 0 Å². The Labute approximate surface area is 122 Å². The zero-order chi connectivity index (χ0) is 14.4. The summed E-state index contributed by atoms with van der Waals surface area (Å²) >= 11 is 5.09. The van der Waals surface area contributed by atoms with Crippen LogP contribution in [0.2, 0.25) is 0 Å². The van der Waals surface area contributed by atoms with Gasteiger partial charge < -0.3 is 5.32 Å². The summed E-state index contributed by atoms with van der Waals surface area (Å²) in [4.78, 5) is 16.0. The minimum Gasteiger partial charge on any atom is -0.357 e. The summed E-state index contributed by atoms with van der Waals surface area (Å²) in [5.41, 5.74) is 1.30. The third kappa shape index (κ3) is 3.59. The Bertz CT molecular complexity index is 589. The Morgan fingerprint density at radius 3 is 2.55 bits per heavy atom. The standard InChI is InChI=1S/C14H14N4OS/c15-18(13(19)12-8-4-5-9-16-12)14(20)17-10-11-6-2-1-3-7-11/h1-9H,10,15H2,(H,17,20). The molecule has 6 heteroatoms. The molecule has 0 saturated carbocycles. The average Bonchev–Trinajstić information content (AvgIpc) is 2.53. The van der Waals surface area contributed by atoms with Gasteiger partial charge in [0, 0.05) is 12.7 Å². The predicted molar refractivity (Wildman–Crippen MR) is 80.5 cm³/mol. The molecule has 5 nitrogen and oxygen atoms in total. The Kier molecular flexibility index (Phi) is 4.75. The van der Waals surface area contributed by atoms with Crippen molar-refractivity contribution in [3.63, 3.8) is 0 Å². The van der Waals surface area contributed by atoms with Crippen molar-refractivity contribution in [2.75, 3.05) is 0 Å². The topological polar surface area (TPSA) is 71.2 Å². The number of nitrogens with two attached hydrogens (primary N) is 1. The van der Waals surface area contributed by atoms with Crippen molar-refractivity contribution in [2.45, 2.75) is 6.54 Å². The summed E-state index contributed by atoms with van der Waals surface area (Å²) in [7, 11) is 0. The van der Waals surface area contributed by atoms with Crippen LogP contribution in [0.25, 0.3) is 0 Å². The van der Waals surface area contributed by atoms with Gasteiger partial charge in [0.2, 0.25) is 0 Å². The van der Waals surface area contributed by atoms with Crippen LogP contribution >= 0.6 is 12.2 Å². The number of rotatable bonds is 3. The molecule has 0 bridgehead atoms. The number of thiocarbonyl (C=S) groups is 1. The van der Waals surface area contributed by atoms with Crippen molar-refractivity contribution in [1.82, 2.24) is 15.3 Å². The summed E-state index contributed by atoms with van der Waals surface area (Å²) in [5.74, 6) is 5.25. The lowest BCUT2D eigenvalue weighted by Gasteiger charge is -2.18. The number of hydrogen-bond acceptors (Lipinski definition) is 4. The number of nitrogens with one attached hydrogen (secondary N) is 1. The number of aromatic nitrogens is 1. The predicted octanol–water partition coefficient (Wildman–Crippen LogP) is 1.47. The number of pyridine rings is 1. The van der Waals surface area contributed by atoms with E-state index >= 15 is 0 Å². The van der Waals surface area contributed by atoms with Crippen molar-refractivity contribution in [3.8, 4) is 0 Å². The molecule has 0 spiro atoms. The second kappa shape index (κ2) is 6.74. The van der Waals surface area contributed by atoms with Gasteiger partial charge >= 0.3 is 0 Å². The maximum atomic E-state index is 12.0. The summed E-state index contributed by atoms with van der Waals surface area (Å²) < 4.78 is 0. The summed E-state index contributed by atoms with van der Waals surface area (Å²) in [5, 5.41) is 3.98. The quantitative estimate of drug-likeness (QED) is 0.387. The highest BCUT2D eigenvalue weighted by atomic mass is 32.1. The Balaban J connectivity index is 1.94. The van der Waals surface area contributed by atoms with Gasteiger partial charge in [0.1, 0.15) is 5.69 Å². The fourth-order valence-corrected chi connectivity index (χ4v) is 1.72. The molecule has 1 aromatic heterocycles. The number of hydrogen-bond donors (Lipinski definition) is 2. The van der Waals surface area contributed by atoms with Gasteiger partial charge in [0.15, 0.2) is 5.11 Å². The van der Waals surface area contributed by atoms with E-state index in [0.717, 1.165) is 10.6 Å². The zero-order valence-corrected chi connectivity index (χ0v) is 11.5. The molecule has 3 N–H and O–H groups in total.